The SMILES string of the molecule is FC1(CCC2CCCCN2)CC1. The molecule has 1 aliphatic carbocycles. The van der Waals surface area contributed by atoms with Gasteiger partial charge in [0.15, 0.2) is 0 Å². The van der Waals surface area contributed by atoms with Crippen LogP contribution in [-0.2, 0) is 0 Å². The number of nitrogens with one attached hydrogen (secondary N) is 1. The Labute approximate surface area is 73.7 Å². The predicted molar refractivity (Wildman–Crippen MR) is 47.9 cm³/mol. The van der Waals surface area contributed by atoms with Gasteiger partial charge in [0.2, 0.25) is 0 Å². The molecule has 1 unspecified atom stereocenters. The first kappa shape index (κ1) is 8.49. The molecule has 0 radical (unpaired) electrons. The summed E-state index contributed by atoms with van der Waals surface area (Å²) >= 11 is 0. The number of alkyl halides is 1. The van der Waals surface area contributed by atoms with Gasteiger partial charge in [-0.05, 0) is 45.1 Å². The van der Waals surface area contributed by atoms with Crippen molar-refractivity contribution < 1.29 is 4.39 Å². The Morgan fingerprint density at radius 2 is 2.17 bits per heavy atom. The highest BCUT2D eigenvalue weighted by atomic mass is 19.1. The average molecular weight is 171 g/mol. The molecule has 0 aromatic rings. The summed E-state index contributed by atoms with van der Waals surface area (Å²) in [6.07, 6.45) is 7.38. The monoisotopic (exact) mass is 171 g/mol. The predicted octanol–water partition coefficient (Wildman–Crippen LogP) is 2.41. The highest BCUT2D eigenvalue weighted by Gasteiger charge is 2.42. The first-order chi connectivity index (χ1) is 5.79. The molecular weight excluding hydrogens is 153 g/mol. The lowest BCUT2D eigenvalue weighted by molar-refractivity contribution is 0.258. The van der Waals surface area contributed by atoms with Gasteiger partial charge in [-0.15, -0.1) is 0 Å². The molecule has 2 rings (SSSR count). The Hall–Kier alpha value is -0.110. The van der Waals surface area contributed by atoms with Crippen LogP contribution in [0.4, 0.5) is 4.39 Å². The lowest BCUT2D eigenvalue weighted by atomic mass is 9.99. The Bertz CT molecular complexity index is 148. The van der Waals surface area contributed by atoms with Crippen LogP contribution in [0.3, 0.4) is 0 Å². The van der Waals surface area contributed by atoms with E-state index in [9.17, 15) is 4.39 Å². The highest BCUT2D eigenvalue weighted by Crippen LogP contribution is 2.44. The number of rotatable bonds is 3. The lowest BCUT2D eigenvalue weighted by Crippen LogP contribution is -2.34. The van der Waals surface area contributed by atoms with Crippen LogP contribution in [0.15, 0.2) is 0 Å². The van der Waals surface area contributed by atoms with Crippen molar-refractivity contribution in [3.63, 3.8) is 0 Å². The molecule has 1 saturated carbocycles. The van der Waals surface area contributed by atoms with Gasteiger partial charge in [0.25, 0.3) is 0 Å². The van der Waals surface area contributed by atoms with Crippen LogP contribution in [0.2, 0.25) is 0 Å². The van der Waals surface area contributed by atoms with Gasteiger partial charge in [-0.3, -0.25) is 0 Å². The van der Waals surface area contributed by atoms with Crippen LogP contribution in [0.25, 0.3) is 0 Å². The first-order valence-electron chi connectivity index (χ1n) is 5.21. The number of hydrogen-bond donors (Lipinski definition) is 1. The van der Waals surface area contributed by atoms with Gasteiger partial charge in [-0.2, -0.15) is 0 Å². The third kappa shape index (κ3) is 2.19. The Morgan fingerprint density at radius 3 is 2.75 bits per heavy atom. The molecule has 2 aliphatic rings. The summed E-state index contributed by atoms with van der Waals surface area (Å²) in [6, 6.07) is 0.618. The fourth-order valence-electron chi connectivity index (χ4n) is 1.99. The van der Waals surface area contributed by atoms with E-state index in [2.05, 4.69) is 5.32 Å². The topological polar surface area (TPSA) is 12.0 Å². The second-order valence-corrected chi connectivity index (χ2v) is 4.34. The minimum atomic E-state index is -0.737. The summed E-state index contributed by atoms with van der Waals surface area (Å²) in [5, 5.41) is 3.45. The zero-order chi connectivity index (χ0) is 8.44. The van der Waals surface area contributed by atoms with Crippen LogP contribution in [0.1, 0.15) is 44.9 Å². The molecular formula is C10H18FN. The van der Waals surface area contributed by atoms with E-state index in [1.54, 1.807) is 0 Å². The van der Waals surface area contributed by atoms with E-state index in [-0.39, 0.29) is 0 Å². The van der Waals surface area contributed by atoms with Gasteiger partial charge >= 0.3 is 0 Å². The standard InChI is InChI=1S/C10H18FN/c11-10(6-7-10)5-4-9-3-1-2-8-12-9/h9,12H,1-8H2. The van der Waals surface area contributed by atoms with Crippen LogP contribution in [0, 0.1) is 0 Å². The van der Waals surface area contributed by atoms with Crippen LogP contribution in [-0.4, -0.2) is 18.3 Å². The Kier molecular flexibility index (Phi) is 2.35. The van der Waals surface area contributed by atoms with Crippen LogP contribution >= 0.6 is 0 Å². The zero-order valence-corrected chi connectivity index (χ0v) is 7.61. The molecule has 2 heteroatoms. The van der Waals surface area contributed by atoms with E-state index in [1.165, 1.54) is 19.3 Å². The minimum absolute atomic E-state index is 0.618. The van der Waals surface area contributed by atoms with E-state index in [1.807, 2.05) is 0 Å². The Balaban J connectivity index is 1.65. The van der Waals surface area contributed by atoms with Gasteiger partial charge in [0, 0.05) is 6.04 Å². The molecule has 0 bridgehead atoms. The molecule has 1 saturated heterocycles. The molecule has 12 heavy (non-hydrogen) atoms. The zero-order valence-electron chi connectivity index (χ0n) is 7.61. The number of halogens is 1. The molecule has 0 aromatic carbocycles. The summed E-state index contributed by atoms with van der Waals surface area (Å²) in [6.45, 7) is 1.14. The Morgan fingerprint density at radius 1 is 1.33 bits per heavy atom. The quantitative estimate of drug-likeness (QED) is 0.687. The van der Waals surface area contributed by atoms with Crippen molar-refractivity contribution in [1.82, 2.24) is 5.32 Å². The number of hydrogen-bond acceptors (Lipinski definition) is 1. The van der Waals surface area contributed by atoms with E-state index >= 15 is 0 Å². The van der Waals surface area contributed by atoms with Gasteiger partial charge in [-0.25, -0.2) is 4.39 Å². The van der Waals surface area contributed by atoms with E-state index in [4.69, 9.17) is 0 Å². The van der Waals surface area contributed by atoms with E-state index in [0.717, 1.165) is 32.2 Å². The van der Waals surface area contributed by atoms with Crippen LogP contribution in [0.5, 0.6) is 0 Å². The smallest absolute Gasteiger partial charge is 0.111 e. The second kappa shape index (κ2) is 3.33. The maximum atomic E-state index is 13.2. The molecule has 0 aromatic heterocycles. The van der Waals surface area contributed by atoms with E-state index in [0.29, 0.717) is 6.04 Å². The fraction of sp³-hybridized carbons (Fsp3) is 1.00. The maximum absolute atomic E-state index is 13.2. The summed E-state index contributed by atoms with van der Waals surface area (Å²) in [7, 11) is 0. The van der Waals surface area contributed by atoms with Crippen LogP contribution < -0.4 is 5.32 Å². The summed E-state index contributed by atoms with van der Waals surface area (Å²) in [5.74, 6) is 0. The number of piperidine rings is 1. The minimum Gasteiger partial charge on any atom is -0.314 e. The van der Waals surface area contributed by atoms with E-state index < -0.39 is 5.67 Å². The van der Waals surface area contributed by atoms with Gasteiger partial charge in [0.05, 0.1) is 0 Å². The molecule has 1 aliphatic heterocycles. The molecule has 2 fully saturated rings. The van der Waals surface area contributed by atoms with Crippen molar-refractivity contribution in [2.24, 2.45) is 0 Å². The molecule has 1 atom stereocenters. The molecule has 0 spiro atoms. The largest absolute Gasteiger partial charge is 0.314 e. The normalized spacial score (nSPS) is 33.2. The van der Waals surface area contributed by atoms with Gasteiger partial charge < -0.3 is 5.32 Å². The third-order valence-electron chi connectivity index (χ3n) is 3.15. The van der Waals surface area contributed by atoms with Gasteiger partial charge in [-0.1, -0.05) is 6.42 Å². The summed E-state index contributed by atoms with van der Waals surface area (Å²) < 4.78 is 13.2. The first-order valence-corrected chi connectivity index (χ1v) is 5.21. The van der Waals surface area contributed by atoms with Crippen molar-refractivity contribution in [3.05, 3.63) is 0 Å². The third-order valence-corrected chi connectivity index (χ3v) is 3.15. The van der Waals surface area contributed by atoms with Crippen molar-refractivity contribution >= 4 is 0 Å². The molecule has 70 valence electrons. The average Bonchev–Trinajstić information content (AvgIpc) is 2.84. The van der Waals surface area contributed by atoms with Crippen molar-refractivity contribution in [2.45, 2.75) is 56.7 Å². The molecule has 1 N–H and O–H groups in total. The van der Waals surface area contributed by atoms with Crippen molar-refractivity contribution in [3.8, 4) is 0 Å². The lowest BCUT2D eigenvalue weighted by Gasteiger charge is -2.23. The fourth-order valence-corrected chi connectivity index (χ4v) is 1.99. The van der Waals surface area contributed by atoms with Crippen molar-refractivity contribution in [1.29, 1.82) is 0 Å². The maximum Gasteiger partial charge on any atom is 0.111 e. The van der Waals surface area contributed by atoms with Gasteiger partial charge in [0.1, 0.15) is 5.67 Å². The molecule has 1 heterocycles. The molecule has 1 nitrogen and oxygen atoms in total. The summed E-state index contributed by atoms with van der Waals surface area (Å²) in [5.41, 5.74) is -0.737. The van der Waals surface area contributed by atoms with Crippen molar-refractivity contribution in [2.75, 3.05) is 6.54 Å². The second-order valence-electron chi connectivity index (χ2n) is 4.34. The highest BCUT2D eigenvalue weighted by molar-refractivity contribution is 4.94. The summed E-state index contributed by atoms with van der Waals surface area (Å²) in [4.78, 5) is 0. The molecule has 0 amide bonds.